The summed E-state index contributed by atoms with van der Waals surface area (Å²) in [6.07, 6.45) is 3.87. The lowest BCUT2D eigenvalue weighted by molar-refractivity contribution is -0.0490. The second kappa shape index (κ2) is 12.1. The SMILES string of the molecule is C[C@H](c1cnc(O[C@@H]2CCN(CCCF)[C@@H]2C)s1)c1[nH]c2ccccc2c1C[C@@H](C)NCC(F)(F)CO. The first-order valence-corrected chi connectivity index (χ1v) is 13.8. The monoisotopic (exact) mass is 538 g/mol. The van der Waals surface area contributed by atoms with Crippen molar-refractivity contribution in [3.05, 3.63) is 46.6 Å². The Labute approximate surface area is 220 Å². The third kappa shape index (κ3) is 6.66. The van der Waals surface area contributed by atoms with Crippen molar-refractivity contribution in [2.24, 2.45) is 0 Å². The molecule has 1 aliphatic rings. The van der Waals surface area contributed by atoms with E-state index in [1.54, 1.807) is 0 Å². The van der Waals surface area contributed by atoms with Crippen LogP contribution in [0.5, 0.6) is 5.19 Å². The first-order valence-electron chi connectivity index (χ1n) is 13.0. The van der Waals surface area contributed by atoms with E-state index >= 15 is 0 Å². The number of likely N-dealkylation sites (tertiary alicyclic amines) is 1. The number of aliphatic hydroxyl groups excluding tert-OH is 1. The zero-order valence-corrected chi connectivity index (χ0v) is 22.5. The van der Waals surface area contributed by atoms with E-state index in [9.17, 15) is 13.2 Å². The van der Waals surface area contributed by atoms with Gasteiger partial charge < -0.3 is 20.1 Å². The molecule has 0 saturated carbocycles. The van der Waals surface area contributed by atoms with E-state index in [4.69, 9.17) is 9.84 Å². The van der Waals surface area contributed by atoms with Crippen molar-refractivity contribution >= 4 is 22.2 Å². The number of alkyl halides is 3. The minimum atomic E-state index is -3.15. The molecular weight excluding hydrogens is 501 g/mol. The van der Waals surface area contributed by atoms with E-state index in [-0.39, 0.29) is 30.8 Å². The molecule has 0 bridgehead atoms. The van der Waals surface area contributed by atoms with Gasteiger partial charge in [-0.2, -0.15) is 0 Å². The number of hydrogen-bond donors (Lipinski definition) is 3. The van der Waals surface area contributed by atoms with Crippen LogP contribution in [0.25, 0.3) is 10.9 Å². The third-order valence-electron chi connectivity index (χ3n) is 7.31. The van der Waals surface area contributed by atoms with Gasteiger partial charge in [0, 0.05) is 58.8 Å². The highest BCUT2D eigenvalue weighted by atomic mass is 32.1. The number of ether oxygens (including phenoxy) is 1. The van der Waals surface area contributed by atoms with Gasteiger partial charge in [0.25, 0.3) is 11.1 Å². The fourth-order valence-electron chi connectivity index (χ4n) is 5.07. The molecule has 3 aromatic rings. The molecule has 3 N–H and O–H groups in total. The second-order valence-electron chi connectivity index (χ2n) is 10.1. The van der Waals surface area contributed by atoms with Crippen molar-refractivity contribution in [2.75, 3.05) is 32.9 Å². The maximum atomic E-state index is 13.6. The number of para-hydroxylation sites is 1. The fourth-order valence-corrected chi connectivity index (χ4v) is 5.95. The molecule has 204 valence electrons. The summed E-state index contributed by atoms with van der Waals surface area (Å²) in [5.74, 6) is -3.14. The Kier molecular flexibility index (Phi) is 9.15. The number of nitrogens with zero attached hydrogens (tertiary/aromatic N) is 2. The van der Waals surface area contributed by atoms with Crippen LogP contribution in [-0.4, -0.2) is 77.0 Å². The molecular formula is C27H37F3N4O2S. The lowest BCUT2D eigenvalue weighted by atomic mass is 9.96. The van der Waals surface area contributed by atoms with Gasteiger partial charge >= 0.3 is 0 Å². The van der Waals surface area contributed by atoms with Crippen molar-refractivity contribution in [1.29, 1.82) is 0 Å². The summed E-state index contributed by atoms with van der Waals surface area (Å²) in [4.78, 5) is 11.4. The summed E-state index contributed by atoms with van der Waals surface area (Å²) >= 11 is 1.52. The Morgan fingerprint density at radius 1 is 1.32 bits per heavy atom. The summed E-state index contributed by atoms with van der Waals surface area (Å²) in [6.45, 7) is 5.70. The van der Waals surface area contributed by atoms with Crippen LogP contribution in [0.15, 0.2) is 30.5 Å². The second-order valence-corrected chi connectivity index (χ2v) is 11.1. The zero-order valence-electron chi connectivity index (χ0n) is 21.6. The molecule has 4 rings (SSSR count). The van der Waals surface area contributed by atoms with E-state index in [1.165, 1.54) is 11.3 Å². The van der Waals surface area contributed by atoms with Crippen LogP contribution in [0.3, 0.4) is 0 Å². The molecule has 0 spiro atoms. The van der Waals surface area contributed by atoms with E-state index in [0.29, 0.717) is 18.0 Å². The van der Waals surface area contributed by atoms with Gasteiger partial charge in [-0.15, -0.1) is 0 Å². The number of aromatic nitrogens is 2. The number of fused-ring (bicyclic) bond motifs is 1. The van der Waals surface area contributed by atoms with Crippen molar-refractivity contribution in [1.82, 2.24) is 20.2 Å². The minimum absolute atomic E-state index is 0.00499. The zero-order chi connectivity index (χ0) is 26.6. The summed E-state index contributed by atoms with van der Waals surface area (Å²) in [5, 5.41) is 13.4. The highest BCUT2D eigenvalue weighted by Crippen LogP contribution is 2.37. The number of aliphatic hydroxyl groups is 1. The Morgan fingerprint density at radius 3 is 2.86 bits per heavy atom. The first-order chi connectivity index (χ1) is 17.7. The molecule has 1 aromatic carbocycles. The van der Waals surface area contributed by atoms with Crippen LogP contribution >= 0.6 is 11.3 Å². The first kappa shape index (κ1) is 27.9. The smallest absolute Gasteiger partial charge is 0.282 e. The molecule has 6 nitrogen and oxygen atoms in total. The van der Waals surface area contributed by atoms with Crippen LogP contribution in [0.2, 0.25) is 0 Å². The number of H-pyrrole nitrogens is 1. The molecule has 37 heavy (non-hydrogen) atoms. The Balaban J connectivity index is 1.49. The predicted molar refractivity (Wildman–Crippen MR) is 142 cm³/mol. The number of rotatable bonds is 13. The van der Waals surface area contributed by atoms with Gasteiger partial charge in [0.1, 0.15) is 12.7 Å². The van der Waals surface area contributed by atoms with Crippen molar-refractivity contribution in [2.45, 2.75) is 70.1 Å². The van der Waals surface area contributed by atoms with E-state index in [0.717, 1.165) is 46.5 Å². The Morgan fingerprint density at radius 2 is 2.11 bits per heavy atom. The van der Waals surface area contributed by atoms with Gasteiger partial charge in [0.05, 0.1) is 13.2 Å². The molecule has 3 heterocycles. The summed E-state index contributed by atoms with van der Waals surface area (Å²) < 4.78 is 46.0. The van der Waals surface area contributed by atoms with Crippen molar-refractivity contribution in [3.8, 4) is 5.19 Å². The maximum absolute atomic E-state index is 13.6. The van der Waals surface area contributed by atoms with Gasteiger partial charge in [-0.1, -0.05) is 36.5 Å². The van der Waals surface area contributed by atoms with E-state index in [2.05, 4.69) is 34.0 Å². The van der Waals surface area contributed by atoms with Gasteiger partial charge in [-0.25, -0.2) is 13.8 Å². The third-order valence-corrected chi connectivity index (χ3v) is 8.38. The molecule has 2 aromatic heterocycles. The molecule has 1 fully saturated rings. The summed E-state index contributed by atoms with van der Waals surface area (Å²) in [6, 6.07) is 8.01. The number of aromatic amines is 1. The van der Waals surface area contributed by atoms with Crippen LogP contribution in [0, 0.1) is 0 Å². The summed E-state index contributed by atoms with van der Waals surface area (Å²) in [5.41, 5.74) is 3.12. The molecule has 1 saturated heterocycles. The number of halogens is 3. The van der Waals surface area contributed by atoms with Gasteiger partial charge in [-0.05, 0) is 44.7 Å². The Hall–Kier alpha value is -2.14. The van der Waals surface area contributed by atoms with Crippen LogP contribution in [-0.2, 0) is 6.42 Å². The van der Waals surface area contributed by atoms with Crippen molar-refractivity contribution in [3.63, 3.8) is 0 Å². The average Bonchev–Trinajstić information content (AvgIpc) is 3.60. The molecule has 0 unspecified atom stereocenters. The van der Waals surface area contributed by atoms with Crippen molar-refractivity contribution < 1.29 is 23.0 Å². The van der Waals surface area contributed by atoms with Gasteiger partial charge in [0.15, 0.2) is 0 Å². The number of hydrogen-bond acceptors (Lipinski definition) is 6. The summed E-state index contributed by atoms with van der Waals surface area (Å²) in [7, 11) is 0. The van der Waals surface area contributed by atoms with Crippen LogP contribution < -0.4 is 10.1 Å². The quantitative estimate of drug-likeness (QED) is 0.282. The largest absolute Gasteiger partial charge is 0.465 e. The number of nitrogens with one attached hydrogen (secondary N) is 2. The van der Waals surface area contributed by atoms with Gasteiger partial charge in [-0.3, -0.25) is 9.29 Å². The molecule has 0 aliphatic carbocycles. The van der Waals surface area contributed by atoms with Gasteiger partial charge in [0.2, 0.25) is 0 Å². The standard InChI is InChI=1S/C27H37F3N4O2S/c1-17(32-15-27(29,30)16-35)13-21-20-7-4-5-8-22(20)33-25(21)18(2)24-14-31-26(37-24)36-23-9-12-34(19(23)3)11-6-10-28/h4-5,7-8,14,17-19,23,32-33,35H,6,9-13,15-16H2,1-3H3/t17-,18-,19-,23-/m1/s1. The molecule has 0 radical (unpaired) electrons. The van der Waals surface area contributed by atoms with Crippen LogP contribution in [0.4, 0.5) is 13.2 Å². The predicted octanol–water partition coefficient (Wildman–Crippen LogP) is 5.13. The topological polar surface area (TPSA) is 73.4 Å². The number of thiazole rings is 1. The average molecular weight is 539 g/mol. The Bertz CT molecular complexity index is 1150. The van der Waals surface area contributed by atoms with E-state index in [1.807, 2.05) is 37.4 Å². The highest BCUT2D eigenvalue weighted by molar-refractivity contribution is 7.13. The highest BCUT2D eigenvalue weighted by Gasteiger charge is 2.33. The molecule has 10 heteroatoms. The lowest BCUT2D eigenvalue weighted by Crippen LogP contribution is -2.40. The maximum Gasteiger partial charge on any atom is 0.282 e. The minimum Gasteiger partial charge on any atom is -0.465 e. The fraction of sp³-hybridized carbons (Fsp3) is 0.593. The number of benzene rings is 1. The van der Waals surface area contributed by atoms with E-state index < -0.39 is 19.1 Å². The normalized spacial score (nSPS) is 20.5. The molecule has 0 amide bonds. The lowest BCUT2D eigenvalue weighted by Gasteiger charge is -2.23. The van der Waals surface area contributed by atoms with Crippen LogP contribution in [0.1, 0.15) is 55.7 Å². The molecule has 1 aliphatic heterocycles. The molecule has 4 atom stereocenters.